The molecule has 0 aliphatic carbocycles. The summed E-state index contributed by atoms with van der Waals surface area (Å²) in [7, 11) is 0. The van der Waals surface area contributed by atoms with Crippen LogP contribution in [-0.2, 0) is 4.79 Å². The molecule has 21 heavy (non-hydrogen) atoms. The van der Waals surface area contributed by atoms with Crippen molar-refractivity contribution in [2.45, 2.75) is 0 Å². The van der Waals surface area contributed by atoms with E-state index in [9.17, 15) is 9.59 Å². The lowest BCUT2D eigenvalue weighted by Gasteiger charge is -2.09. The maximum absolute atomic E-state index is 11.8. The van der Waals surface area contributed by atoms with E-state index in [2.05, 4.69) is 5.32 Å². The first-order valence-corrected chi connectivity index (χ1v) is 6.77. The second-order valence-electron chi connectivity index (χ2n) is 4.15. The molecule has 108 valence electrons. The molecule has 2 aromatic carbocycles. The summed E-state index contributed by atoms with van der Waals surface area (Å²) in [5, 5.41) is 3.45. The highest BCUT2D eigenvalue weighted by Crippen LogP contribution is 2.22. The van der Waals surface area contributed by atoms with Crippen LogP contribution >= 0.6 is 23.2 Å². The molecular formula is C15H11Cl2NO3. The van der Waals surface area contributed by atoms with Crippen molar-refractivity contribution in [2.75, 3.05) is 11.9 Å². The van der Waals surface area contributed by atoms with Crippen LogP contribution in [0.2, 0.25) is 10.0 Å². The molecule has 0 radical (unpaired) electrons. The minimum Gasteiger partial charge on any atom is -0.483 e. The molecule has 0 atom stereocenters. The fraction of sp³-hybridized carbons (Fsp3) is 0.0667. The quantitative estimate of drug-likeness (QED) is 0.851. The van der Waals surface area contributed by atoms with Gasteiger partial charge in [0.05, 0.1) is 5.56 Å². The van der Waals surface area contributed by atoms with Gasteiger partial charge in [-0.15, -0.1) is 0 Å². The minimum absolute atomic E-state index is 0.227. The third kappa shape index (κ3) is 4.48. The molecule has 1 amide bonds. The number of nitrogens with one attached hydrogen (secondary N) is 1. The third-order valence-corrected chi connectivity index (χ3v) is 2.99. The summed E-state index contributed by atoms with van der Waals surface area (Å²) in [6.07, 6.45) is 0.671. The van der Waals surface area contributed by atoms with Crippen LogP contribution in [-0.4, -0.2) is 18.8 Å². The summed E-state index contributed by atoms with van der Waals surface area (Å²) in [5.74, 6) is -0.0270. The number of benzene rings is 2. The molecule has 0 heterocycles. The van der Waals surface area contributed by atoms with Crippen LogP contribution in [0.4, 0.5) is 5.69 Å². The average Bonchev–Trinajstić information content (AvgIpc) is 2.44. The monoisotopic (exact) mass is 323 g/mol. The topological polar surface area (TPSA) is 55.4 Å². The van der Waals surface area contributed by atoms with Gasteiger partial charge in [-0.05, 0) is 30.3 Å². The number of ether oxygens (including phenoxy) is 1. The number of aldehydes is 1. The van der Waals surface area contributed by atoms with Gasteiger partial charge >= 0.3 is 0 Å². The Morgan fingerprint density at radius 2 is 1.81 bits per heavy atom. The molecule has 0 bridgehead atoms. The Kier molecular flexibility index (Phi) is 5.20. The molecule has 6 heteroatoms. The lowest BCUT2D eigenvalue weighted by molar-refractivity contribution is -0.118. The zero-order chi connectivity index (χ0) is 15.2. The van der Waals surface area contributed by atoms with Crippen LogP contribution in [0.25, 0.3) is 0 Å². The molecule has 2 aromatic rings. The molecule has 4 nitrogen and oxygen atoms in total. The van der Waals surface area contributed by atoms with E-state index in [1.807, 2.05) is 0 Å². The van der Waals surface area contributed by atoms with Gasteiger partial charge in [-0.2, -0.15) is 0 Å². The Labute approximate surface area is 131 Å². The summed E-state index contributed by atoms with van der Waals surface area (Å²) in [5.41, 5.74) is 0.862. The number of halogens is 2. The Hall–Kier alpha value is -2.04. The van der Waals surface area contributed by atoms with Crippen molar-refractivity contribution in [1.82, 2.24) is 0 Å². The zero-order valence-corrected chi connectivity index (χ0v) is 12.3. The maximum Gasteiger partial charge on any atom is 0.262 e. The maximum atomic E-state index is 11.8. The van der Waals surface area contributed by atoms with Gasteiger partial charge in [-0.1, -0.05) is 35.3 Å². The fourth-order valence-corrected chi connectivity index (χ4v) is 2.20. The predicted molar refractivity (Wildman–Crippen MR) is 82.4 cm³/mol. The summed E-state index contributed by atoms with van der Waals surface area (Å²) in [6.45, 7) is -0.227. The van der Waals surface area contributed by atoms with Gasteiger partial charge in [-0.25, -0.2) is 0 Å². The second kappa shape index (κ2) is 7.11. The number of para-hydroxylation sites is 1. The number of carbonyl (C=O) groups is 2. The Balaban J connectivity index is 1.97. The number of rotatable bonds is 5. The first kappa shape index (κ1) is 15.4. The SMILES string of the molecule is O=Cc1ccccc1OCC(=O)Nc1cc(Cl)cc(Cl)c1. The molecular weight excluding hydrogens is 313 g/mol. The number of anilines is 1. The highest BCUT2D eigenvalue weighted by atomic mass is 35.5. The van der Waals surface area contributed by atoms with Crippen molar-refractivity contribution in [3.63, 3.8) is 0 Å². The summed E-state index contributed by atoms with van der Waals surface area (Å²) >= 11 is 11.7. The fourth-order valence-electron chi connectivity index (χ4n) is 1.68. The van der Waals surface area contributed by atoms with E-state index in [4.69, 9.17) is 27.9 Å². The van der Waals surface area contributed by atoms with Gasteiger partial charge in [-0.3, -0.25) is 9.59 Å². The van der Waals surface area contributed by atoms with Gasteiger partial charge in [0.1, 0.15) is 5.75 Å². The van der Waals surface area contributed by atoms with Crippen molar-refractivity contribution in [3.05, 3.63) is 58.1 Å². The number of amides is 1. The summed E-state index contributed by atoms with van der Waals surface area (Å²) in [4.78, 5) is 22.6. The van der Waals surface area contributed by atoms with Gasteiger partial charge in [0, 0.05) is 15.7 Å². The van der Waals surface area contributed by atoms with Crippen LogP contribution < -0.4 is 10.1 Å². The van der Waals surface area contributed by atoms with Crippen LogP contribution in [0.1, 0.15) is 10.4 Å². The standard InChI is InChI=1S/C15H11Cl2NO3/c16-11-5-12(17)7-13(6-11)18-15(20)9-21-14-4-2-1-3-10(14)8-19/h1-8H,9H2,(H,18,20). The number of carbonyl (C=O) groups excluding carboxylic acids is 2. The van der Waals surface area contributed by atoms with Crippen molar-refractivity contribution in [3.8, 4) is 5.75 Å². The van der Waals surface area contributed by atoms with Crippen LogP contribution in [0.5, 0.6) is 5.75 Å². The Morgan fingerprint density at radius 1 is 1.14 bits per heavy atom. The molecule has 0 aliphatic rings. The molecule has 0 saturated carbocycles. The first-order chi connectivity index (χ1) is 10.1. The van der Waals surface area contributed by atoms with Crippen molar-refractivity contribution < 1.29 is 14.3 Å². The van der Waals surface area contributed by atoms with Crippen molar-refractivity contribution >= 4 is 41.1 Å². The largest absolute Gasteiger partial charge is 0.483 e. The van der Waals surface area contributed by atoms with E-state index in [0.717, 1.165) is 0 Å². The van der Waals surface area contributed by atoms with E-state index in [-0.39, 0.29) is 12.5 Å². The van der Waals surface area contributed by atoms with E-state index < -0.39 is 0 Å². The average molecular weight is 324 g/mol. The van der Waals surface area contributed by atoms with E-state index in [1.165, 1.54) is 0 Å². The Bertz CT molecular complexity index is 653. The zero-order valence-electron chi connectivity index (χ0n) is 10.8. The molecule has 0 unspecified atom stereocenters. The van der Waals surface area contributed by atoms with E-state index >= 15 is 0 Å². The first-order valence-electron chi connectivity index (χ1n) is 6.01. The lowest BCUT2D eigenvalue weighted by atomic mass is 10.2. The molecule has 1 N–H and O–H groups in total. The molecule has 0 aromatic heterocycles. The third-order valence-electron chi connectivity index (χ3n) is 2.55. The van der Waals surface area contributed by atoms with Gasteiger partial charge in [0.25, 0.3) is 5.91 Å². The van der Waals surface area contributed by atoms with Crippen LogP contribution in [0, 0.1) is 0 Å². The smallest absolute Gasteiger partial charge is 0.262 e. The highest BCUT2D eigenvalue weighted by Gasteiger charge is 2.07. The van der Waals surface area contributed by atoms with Gasteiger partial charge in [0.15, 0.2) is 12.9 Å². The van der Waals surface area contributed by atoms with E-state index in [1.54, 1.807) is 42.5 Å². The van der Waals surface area contributed by atoms with E-state index in [0.29, 0.717) is 33.3 Å². The van der Waals surface area contributed by atoms with Gasteiger partial charge < -0.3 is 10.1 Å². The summed E-state index contributed by atoms with van der Waals surface area (Å²) in [6, 6.07) is 11.4. The van der Waals surface area contributed by atoms with Crippen molar-refractivity contribution in [1.29, 1.82) is 0 Å². The lowest BCUT2D eigenvalue weighted by Crippen LogP contribution is -2.20. The highest BCUT2D eigenvalue weighted by molar-refractivity contribution is 6.35. The predicted octanol–water partition coefficient (Wildman–Crippen LogP) is 3.82. The Morgan fingerprint density at radius 3 is 2.48 bits per heavy atom. The number of hydrogen-bond acceptors (Lipinski definition) is 3. The van der Waals surface area contributed by atoms with Crippen molar-refractivity contribution in [2.24, 2.45) is 0 Å². The summed E-state index contributed by atoms with van der Waals surface area (Å²) < 4.78 is 5.31. The second-order valence-corrected chi connectivity index (χ2v) is 5.02. The molecule has 2 rings (SSSR count). The van der Waals surface area contributed by atoms with Crippen LogP contribution in [0.15, 0.2) is 42.5 Å². The number of hydrogen-bond donors (Lipinski definition) is 1. The van der Waals surface area contributed by atoms with Gasteiger partial charge in [0.2, 0.25) is 0 Å². The normalized spacial score (nSPS) is 10.0. The molecule has 0 fully saturated rings. The van der Waals surface area contributed by atoms with Crippen LogP contribution in [0.3, 0.4) is 0 Å². The molecule has 0 saturated heterocycles. The molecule has 0 aliphatic heterocycles. The minimum atomic E-state index is -0.381. The molecule has 0 spiro atoms.